The van der Waals surface area contributed by atoms with Crippen molar-refractivity contribution in [2.24, 2.45) is 0 Å². The highest BCUT2D eigenvalue weighted by molar-refractivity contribution is 9.10. The molecule has 0 spiro atoms. The summed E-state index contributed by atoms with van der Waals surface area (Å²) in [7, 11) is 0. The predicted molar refractivity (Wildman–Crippen MR) is 155 cm³/mol. The third-order valence-corrected chi connectivity index (χ3v) is 11.9. The Balaban J connectivity index is 1.53. The molecular weight excluding hydrogens is 512 g/mol. The number of hydrogen-bond acceptors (Lipinski definition) is 3. The maximum atomic E-state index is 3.78. The first-order valence-electron chi connectivity index (χ1n) is 13.4. The Labute approximate surface area is 217 Å². The maximum absolute atomic E-state index is 3.78. The molecule has 3 rings (SSSR count). The zero-order valence-electron chi connectivity index (χ0n) is 20.4. The quantitative estimate of drug-likeness (QED) is 0.137. The lowest BCUT2D eigenvalue weighted by atomic mass is 10.0. The summed E-state index contributed by atoms with van der Waals surface area (Å²) in [6.45, 7) is 4.61. The van der Waals surface area contributed by atoms with E-state index in [1.165, 1.54) is 129 Å². The Hall–Kier alpha value is 0.100. The van der Waals surface area contributed by atoms with Crippen molar-refractivity contribution in [3.63, 3.8) is 0 Å². The van der Waals surface area contributed by atoms with E-state index >= 15 is 0 Å². The zero-order valence-corrected chi connectivity index (χ0v) is 24.4. The van der Waals surface area contributed by atoms with Crippen LogP contribution in [0.4, 0.5) is 0 Å². The Morgan fingerprint density at radius 3 is 1.69 bits per heavy atom. The van der Waals surface area contributed by atoms with Crippen LogP contribution in [0.5, 0.6) is 0 Å². The van der Waals surface area contributed by atoms with E-state index < -0.39 is 0 Å². The molecule has 4 heteroatoms. The van der Waals surface area contributed by atoms with Gasteiger partial charge in [0.15, 0.2) is 0 Å². The fraction of sp³-hybridized carbons (Fsp3) is 0.714. The van der Waals surface area contributed by atoms with Gasteiger partial charge in [-0.25, -0.2) is 0 Å². The van der Waals surface area contributed by atoms with Crippen molar-refractivity contribution in [3.8, 4) is 0 Å². The molecule has 0 radical (unpaired) electrons. The minimum Gasteiger partial charge on any atom is -0.140 e. The van der Waals surface area contributed by atoms with E-state index in [0.29, 0.717) is 0 Å². The Bertz CT molecular complexity index is 901. The van der Waals surface area contributed by atoms with Gasteiger partial charge in [-0.05, 0) is 47.2 Å². The topological polar surface area (TPSA) is 0 Å². The summed E-state index contributed by atoms with van der Waals surface area (Å²) >= 11 is 9.88. The molecule has 0 unspecified atom stereocenters. The molecule has 0 fully saturated rings. The first-order chi connectivity index (χ1) is 15.8. The fourth-order valence-corrected chi connectivity index (χ4v) is 9.75. The van der Waals surface area contributed by atoms with Crippen molar-refractivity contribution < 1.29 is 0 Å². The highest BCUT2D eigenvalue weighted by Crippen LogP contribution is 2.48. The highest BCUT2D eigenvalue weighted by Gasteiger charge is 2.19. The summed E-state index contributed by atoms with van der Waals surface area (Å²) in [4.78, 5) is 1.71. The van der Waals surface area contributed by atoms with Crippen molar-refractivity contribution in [1.82, 2.24) is 0 Å². The van der Waals surface area contributed by atoms with Crippen LogP contribution in [0.3, 0.4) is 0 Å². The van der Waals surface area contributed by atoms with Crippen LogP contribution in [0.25, 0.3) is 18.8 Å². The normalized spacial score (nSPS) is 12.0. The van der Waals surface area contributed by atoms with Crippen LogP contribution in [0.2, 0.25) is 0 Å². The third-order valence-electron chi connectivity index (χ3n) is 6.69. The lowest BCUT2D eigenvalue weighted by Crippen LogP contribution is -1.91. The van der Waals surface area contributed by atoms with Crippen molar-refractivity contribution in [1.29, 1.82) is 0 Å². The van der Waals surface area contributed by atoms with Crippen LogP contribution >= 0.6 is 49.9 Å². The van der Waals surface area contributed by atoms with Crippen molar-refractivity contribution in [2.75, 3.05) is 0 Å². The minimum atomic E-state index is 1.30. The molecule has 3 aromatic heterocycles. The van der Waals surface area contributed by atoms with Gasteiger partial charge in [0, 0.05) is 14.7 Å². The van der Waals surface area contributed by atoms with Gasteiger partial charge in [-0.2, -0.15) is 0 Å². The number of rotatable bonds is 18. The molecule has 0 saturated carbocycles. The molecule has 0 aliphatic carbocycles. The summed E-state index contributed by atoms with van der Waals surface area (Å²) in [5.74, 6) is 0. The molecule has 0 atom stereocenters. The van der Waals surface area contributed by atoms with Crippen LogP contribution < -0.4 is 0 Å². The number of halogens is 1. The molecule has 0 aliphatic heterocycles. The Morgan fingerprint density at radius 1 is 0.562 bits per heavy atom. The molecule has 0 N–H and O–H groups in total. The summed E-state index contributed by atoms with van der Waals surface area (Å²) in [5.41, 5.74) is 1.72. The van der Waals surface area contributed by atoms with Gasteiger partial charge in [0.05, 0.1) is 18.8 Å². The van der Waals surface area contributed by atoms with E-state index in [1.807, 2.05) is 22.7 Å². The van der Waals surface area contributed by atoms with Crippen molar-refractivity contribution >= 4 is 68.7 Å². The molecule has 0 bridgehead atoms. The number of thiophene rings is 3. The van der Waals surface area contributed by atoms with E-state index in [2.05, 4.69) is 46.5 Å². The zero-order chi connectivity index (χ0) is 22.6. The highest BCUT2D eigenvalue weighted by atomic mass is 79.9. The lowest BCUT2D eigenvalue weighted by molar-refractivity contribution is 0.572. The second-order valence-corrected chi connectivity index (χ2v) is 13.3. The molecule has 0 nitrogen and oxygen atoms in total. The van der Waals surface area contributed by atoms with Crippen LogP contribution in [0.15, 0.2) is 9.85 Å². The summed E-state index contributed by atoms with van der Waals surface area (Å²) in [6, 6.07) is 0. The molecule has 0 amide bonds. The number of aryl methyl sites for hydroxylation is 2. The molecule has 0 aromatic carbocycles. The Morgan fingerprint density at radius 2 is 1.09 bits per heavy atom. The monoisotopic (exact) mass is 554 g/mol. The van der Waals surface area contributed by atoms with E-state index in [0.717, 1.165) is 0 Å². The van der Waals surface area contributed by atoms with Gasteiger partial charge >= 0.3 is 0 Å². The van der Waals surface area contributed by atoms with Crippen LogP contribution in [0, 0.1) is 0 Å². The SMILES string of the molecule is CCCCCCCCCCc1sc2c(sc3c(Br)csc32)c1CCCCCCCCCC. The fourth-order valence-electron chi connectivity index (χ4n) is 4.74. The standard InChI is InChI=1S/C28H43BrS3/c1-3-5-7-9-11-13-15-17-19-22-24(20-18-16-14-12-10-8-6-4-2)31-28-25(22)32-26-23(29)21-30-27(26)28/h21H,3-20H2,1-2H3. The van der Waals surface area contributed by atoms with Gasteiger partial charge in [0.1, 0.15) is 0 Å². The first-order valence-corrected chi connectivity index (χ1v) is 16.7. The van der Waals surface area contributed by atoms with Gasteiger partial charge in [0.25, 0.3) is 0 Å². The van der Waals surface area contributed by atoms with Crippen molar-refractivity contribution in [2.45, 2.75) is 129 Å². The molecule has 3 aromatic rings. The van der Waals surface area contributed by atoms with Crippen LogP contribution in [0.1, 0.15) is 127 Å². The average Bonchev–Trinajstić information content (AvgIpc) is 3.43. The van der Waals surface area contributed by atoms with E-state index in [-0.39, 0.29) is 0 Å². The molecule has 0 aliphatic rings. The minimum absolute atomic E-state index is 1.30. The van der Waals surface area contributed by atoms with Gasteiger partial charge in [-0.3, -0.25) is 0 Å². The number of hydrogen-bond donors (Lipinski definition) is 0. The maximum Gasteiger partial charge on any atom is 0.0641 e. The van der Waals surface area contributed by atoms with E-state index in [9.17, 15) is 0 Å². The summed E-state index contributed by atoms with van der Waals surface area (Å²) in [6.07, 6.45) is 25.2. The third kappa shape index (κ3) is 7.82. The summed E-state index contributed by atoms with van der Waals surface area (Å²) < 4.78 is 7.52. The van der Waals surface area contributed by atoms with Gasteiger partial charge in [-0.1, -0.05) is 104 Å². The largest absolute Gasteiger partial charge is 0.140 e. The summed E-state index contributed by atoms with van der Waals surface area (Å²) in [5, 5.41) is 2.27. The van der Waals surface area contributed by atoms with E-state index in [1.54, 1.807) is 19.8 Å². The molecule has 3 heterocycles. The number of fused-ring (bicyclic) bond motifs is 3. The predicted octanol–water partition coefficient (Wildman–Crippen LogP) is 12.3. The first kappa shape index (κ1) is 26.7. The molecular formula is C28H43BrS3. The average molecular weight is 556 g/mol. The van der Waals surface area contributed by atoms with Gasteiger partial charge < -0.3 is 0 Å². The van der Waals surface area contributed by atoms with Crippen LogP contribution in [-0.4, -0.2) is 0 Å². The second kappa shape index (κ2) is 15.2. The van der Waals surface area contributed by atoms with Gasteiger partial charge in [0.2, 0.25) is 0 Å². The Kier molecular flexibility index (Phi) is 12.7. The molecule has 180 valence electrons. The van der Waals surface area contributed by atoms with Gasteiger partial charge in [-0.15, -0.1) is 34.0 Å². The number of unbranched alkanes of at least 4 members (excludes halogenated alkanes) is 14. The smallest absolute Gasteiger partial charge is 0.0641 e. The molecule has 0 saturated heterocycles. The lowest BCUT2D eigenvalue weighted by Gasteiger charge is -2.06. The molecule has 32 heavy (non-hydrogen) atoms. The van der Waals surface area contributed by atoms with Crippen LogP contribution in [-0.2, 0) is 12.8 Å². The van der Waals surface area contributed by atoms with E-state index in [4.69, 9.17) is 0 Å². The second-order valence-electron chi connectivity index (χ2n) is 9.46. The van der Waals surface area contributed by atoms with Crippen molar-refractivity contribution in [3.05, 3.63) is 20.3 Å².